The fraction of sp³-hybridized carbons (Fsp3) is 0.727. The first-order chi connectivity index (χ1) is 8.69. The van der Waals surface area contributed by atoms with Gasteiger partial charge in [0.1, 0.15) is 6.10 Å². The van der Waals surface area contributed by atoms with E-state index >= 15 is 0 Å². The van der Waals surface area contributed by atoms with Gasteiger partial charge in [0, 0.05) is 11.9 Å². The average molecular weight is 287 g/mol. The molecular formula is C11H17N3O2S2. The summed E-state index contributed by atoms with van der Waals surface area (Å²) in [5.41, 5.74) is 0. The van der Waals surface area contributed by atoms with E-state index in [0.29, 0.717) is 17.0 Å². The predicted molar refractivity (Wildman–Crippen MR) is 73.1 cm³/mol. The molecule has 0 aliphatic carbocycles. The van der Waals surface area contributed by atoms with E-state index in [1.165, 1.54) is 11.3 Å². The molecule has 0 aromatic carbocycles. The summed E-state index contributed by atoms with van der Waals surface area (Å²) in [6.07, 6.45) is 2.50. The number of hydrogen-bond acceptors (Lipinski definition) is 6. The number of carbonyl (C=O) groups excluding carboxylic acids is 1. The Kier molecular flexibility index (Phi) is 4.96. The van der Waals surface area contributed by atoms with Gasteiger partial charge in [0.05, 0.1) is 0 Å². The van der Waals surface area contributed by atoms with Crippen LogP contribution in [-0.2, 0) is 9.53 Å². The number of hydrogen-bond donors (Lipinski definition) is 1. The second-order valence-electron chi connectivity index (χ2n) is 4.20. The molecule has 18 heavy (non-hydrogen) atoms. The van der Waals surface area contributed by atoms with E-state index in [-0.39, 0.29) is 12.0 Å². The fourth-order valence-electron chi connectivity index (χ4n) is 1.53. The molecule has 1 N–H and O–H groups in total. The molecule has 1 fully saturated rings. The first-order valence-corrected chi connectivity index (χ1v) is 7.81. The zero-order valence-corrected chi connectivity index (χ0v) is 12.1. The molecule has 2 rings (SSSR count). The molecule has 2 heterocycles. The summed E-state index contributed by atoms with van der Waals surface area (Å²) in [6, 6.07) is 0. The fourth-order valence-corrected chi connectivity index (χ4v) is 3.53. The summed E-state index contributed by atoms with van der Waals surface area (Å²) in [4.78, 5) is 11.8. The first-order valence-electron chi connectivity index (χ1n) is 6.11. The number of ether oxygens (including phenoxy) is 1. The maximum atomic E-state index is 11.8. The van der Waals surface area contributed by atoms with Gasteiger partial charge in [-0.25, -0.2) is 0 Å². The SMILES string of the molecule is CCC(C)Sc1nnc(NC(=O)C2CCCO2)s1. The largest absolute Gasteiger partial charge is 0.368 e. The number of nitrogens with one attached hydrogen (secondary N) is 1. The Morgan fingerprint density at radius 1 is 1.67 bits per heavy atom. The van der Waals surface area contributed by atoms with E-state index < -0.39 is 0 Å². The number of anilines is 1. The molecule has 5 nitrogen and oxygen atoms in total. The summed E-state index contributed by atoms with van der Waals surface area (Å²) in [6.45, 7) is 4.96. The number of aromatic nitrogens is 2. The molecule has 0 spiro atoms. The summed E-state index contributed by atoms with van der Waals surface area (Å²) in [7, 11) is 0. The van der Waals surface area contributed by atoms with E-state index in [2.05, 4.69) is 29.4 Å². The van der Waals surface area contributed by atoms with Gasteiger partial charge in [-0.05, 0) is 19.3 Å². The molecule has 1 aromatic rings. The number of rotatable bonds is 5. The Morgan fingerprint density at radius 2 is 2.50 bits per heavy atom. The maximum Gasteiger partial charge on any atom is 0.255 e. The highest BCUT2D eigenvalue weighted by Gasteiger charge is 2.24. The summed E-state index contributed by atoms with van der Waals surface area (Å²) in [5.74, 6) is -0.108. The number of amides is 1. The molecule has 0 bridgehead atoms. The molecule has 1 aliphatic rings. The number of thioether (sulfide) groups is 1. The summed E-state index contributed by atoms with van der Waals surface area (Å²) in [5, 5.41) is 11.9. The van der Waals surface area contributed by atoms with Crippen molar-refractivity contribution in [2.75, 3.05) is 11.9 Å². The van der Waals surface area contributed by atoms with Crippen LogP contribution in [0.5, 0.6) is 0 Å². The Bertz CT molecular complexity index is 405. The van der Waals surface area contributed by atoms with Crippen molar-refractivity contribution in [3.8, 4) is 0 Å². The van der Waals surface area contributed by atoms with Gasteiger partial charge in [-0.2, -0.15) is 0 Å². The van der Waals surface area contributed by atoms with Crippen LogP contribution in [0.1, 0.15) is 33.1 Å². The van der Waals surface area contributed by atoms with Crippen molar-refractivity contribution in [1.82, 2.24) is 10.2 Å². The molecule has 100 valence electrons. The number of carbonyl (C=O) groups is 1. The molecule has 1 saturated heterocycles. The quantitative estimate of drug-likeness (QED) is 0.666. The highest BCUT2D eigenvalue weighted by molar-refractivity contribution is 8.01. The van der Waals surface area contributed by atoms with Crippen molar-refractivity contribution in [2.24, 2.45) is 0 Å². The second-order valence-corrected chi connectivity index (χ2v) is 6.86. The lowest BCUT2D eigenvalue weighted by molar-refractivity contribution is -0.124. The monoisotopic (exact) mass is 287 g/mol. The molecular weight excluding hydrogens is 270 g/mol. The molecule has 0 radical (unpaired) electrons. The third kappa shape index (κ3) is 3.66. The van der Waals surface area contributed by atoms with Crippen LogP contribution in [0, 0.1) is 0 Å². The van der Waals surface area contributed by atoms with Gasteiger partial charge < -0.3 is 4.74 Å². The van der Waals surface area contributed by atoms with Crippen molar-refractivity contribution in [2.45, 2.75) is 48.8 Å². The van der Waals surface area contributed by atoms with E-state index in [1.54, 1.807) is 11.8 Å². The van der Waals surface area contributed by atoms with Crippen LogP contribution >= 0.6 is 23.1 Å². The summed E-state index contributed by atoms with van der Waals surface area (Å²) >= 11 is 3.10. The van der Waals surface area contributed by atoms with Gasteiger partial charge in [0.2, 0.25) is 5.13 Å². The minimum Gasteiger partial charge on any atom is -0.368 e. The Labute approximate surface area is 115 Å². The van der Waals surface area contributed by atoms with E-state index in [1.807, 2.05) is 0 Å². The zero-order chi connectivity index (χ0) is 13.0. The van der Waals surface area contributed by atoms with Gasteiger partial charge in [-0.1, -0.05) is 36.9 Å². The van der Waals surface area contributed by atoms with Gasteiger partial charge in [0.25, 0.3) is 5.91 Å². The van der Waals surface area contributed by atoms with Crippen LogP contribution in [0.15, 0.2) is 4.34 Å². The van der Waals surface area contributed by atoms with Crippen molar-refractivity contribution < 1.29 is 9.53 Å². The molecule has 2 unspecified atom stereocenters. The Morgan fingerprint density at radius 3 is 3.17 bits per heavy atom. The van der Waals surface area contributed by atoms with Crippen molar-refractivity contribution >= 4 is 34.1 Å². The lowest BCUT2D eigenvalue weighted by atomic mass is 10.2. The highest BCUT2D eigenvalue weighted by Crippen LogP contribution is 2.30. The second kappa shape index (κ2) is 6.49. The van der Waals surface area contributed by atoms with Gasteiger partial charge >= 0.3 is 0 Å². The van der Waals surface area contributed by atoms with E-state index in [9.17, 15) is 4.79 Å². The molecule has 7 heteroatoms. The molecule has 1 amide bonds. The third-order valence-corrected chi connectivity index (χ3v) is 4.93. The van der Waals surface area contributed by atoms with Crippen LogP contribution in [0.2, 0.25) is 0 Å². The summed E-state index contributed by atoms with van der Waals surface area (Å²) < 4.78 is 6.21. The Hall–Kier alpha value is -0.660. The van der Waals surface area contributed by atoms with Crippen LogP contribution in [0.3, 0.4) is 0 Å². The van der Waals surface area contributed by atoms with Crippen LogP contribution in [0.25, 0.3) is 0 Å². The van der Waals surface area contributed by atoms with Crippen LogP contribution < -0.4 is 5.32 Å². The standard InChI is InChI=1S/C11H17N3O2S2/c1-3-7(2)17-11-14-13-10(18-11)12-9(15)8-5-4-6-16-8/h7-8H,3-6H2,1-2H3,(H,12,13,15). The third-order valence-electron chi connectivity index (χ3n) is 2.74. The molecule has 1 aromatic heterocycles. The van der Waals surface area contributed by atoms with Crippen LogP contribution in [0.4, 0.5) is 5.13 Å². The lowest BCUT2D eigenvalue weighted by Crippen LogP contribution is -2.26. The van der Waals surface area contributed by atoms with E-state index in [4.69, 9.17) is 4.74 Å². The van der Waals surface area contributed by atoms with Crippen molar-refractivity contribution in [1.29, 1.82) is 0 Å². The Balaban J connectivity index is 1.87. The minimum absolute atomic E-state index is 0.108. The molecule has 1 aliphatic heterocycles. The molecule has 0 saturated carbocycles. The van der Waals surface area contributed by atoms with Gasteiger partial charge in [-0.15, -0.1) is 10.2 Å². The van der Waals surface area contributed by atoms with Crippen molar-refractivity contribution in [3.63, 3.8) is 0 Å². The smallest absolute Gasteiger partial charge is 0.255 e. The van der Waals surface area contributed by atoms with Gasteiger partial charge in [-0.3, -0.25) is 10.1 Å². The number of nitrogens with zero attached hydrogens (tertiary/aromatic N) is 2. The minimum atomic E-state index is -0.320. The molecule has 2 atom stereocenters. The van der Waals surface area contributed by atoms with Crippen molar-refractivity contribution in [3.05, 3.63) is 0 Å². The predicted octanol–water partition coefficient (Wildman–Crippen LogP) is 2.55. The first kappa shape index (κ1) is 13.8. The van der Waals surface area contributed by atoms with Crippen LogP contribution in [-0.4, -0.2) is 34.1 Å². The lowest BCUT2D eigenvalue weighted by Gasteiger charge is -2.07. The average Bonchev–Trinajstić information content (AvgIpc) is 3.00. The van der Waals surface area contributed by atoms with E-state index in [0.717, 1.165) is 23.6 Å². The maximum absolute atomic E-state index is 11.8. The highest BCUT2D eigenvalue weighted by atomic mass is 32.2. The van der Waals surface area contributed by atoms with Gasteiger partial charge in [0.15, 0.2) is 4.34 Å². The normalized spacial score (nSPS) is 20.9. The topological polar surface area (TPSA) is 64.1 Å². The zero-order valence-electron chi connectivity index (χ0n) is 10.5.